The van der Waals surface area contributed by atoms with Gasteiger partial charge in [0.15, 0.2) is 0 Å². The number of amides is 3. The lowest BCUT2D eigenvalue weighted by Gasteiger charge is -2.36. The van der Waals surface area contributed by atoms with Gasteiger partial charge in [-0.15, -0.1) is 0 Å². The van der Waals surface area contributed by atoms with E-state index in [9.17, 15) is 23.9 Å². The van der Waals surface area contributed by atoms with Gasteiger partial charge in [-0.2, -0.15) is 0 Å². The number of hydrogen-bond acceptors (Lipinski definition) is 5. The predicted octanol–water partition coefficient (Wildman–Crippen LogP) is 3.02. The summed E-state index contributed by atoms with van der Waals surface area (Å²) >= 11 is 0.824. The number of aliphatic hydroxyl groups excluding tert-OH is 1. The summed E-state index contributed by atoms with van der Waals surface area (Å²) in [6, 6.07) is 5.67. The van der Waals surface area contributed by atoms with E-state index in [1.807, 2.05) is 0 Å². The van der Waals surface area contributed by atoms with Crippen molar-refractivity contribution >= 4 is 34.9 Å². The molecule has 1 atom stereocenters. The normalized spacial score (nSPS) is 21.6. The van der Waals surface area contributed by atoms with Crippen LogP contribution in [0, 0.1) is 5.82 Å². The molecule has 0 bridgehead atoms. The smallest absolute Gasteiger partial charge is 0.293 e. The van der Waals surface area contributed by atoms with Crippen LogP contribution in [0.15, 0.2) is 29.2 Å². The highest BCUT2D eigenvalue weighted by Crippen LogP contribution is 2.32. The Hall–Kier alpha value is -2.19. The molecule has 28 heavy (non-hydrogen) atoms. The summed E-state index contributed by atoms with van der Waals surface area (Å²) in [7, 11) is 0. The zero-order valence-electron chi connectivity index (χ0n) is 15.5. The second kappa shape index (κ2) is 9.34. The maximum Gasteiger partial charge on any atom is 0.293 e. The molecule has 150 valence electrons. The van der Waals surface area contributed by atoms with Crippen molar-refractivity contribution in [2.45, 2.75) is 38.1 Å². The fourth-order valence-electron chi connectivity index (χ4n) is 3.53. The quantitative estimate of drug-likeness (QED) is 0.735. The standard InChI is InChI=1S/C20H23FN2O4S/c21-15-6-4-14(5-7-15)13-17-19(26)23(20(27)28-17)11-8-18(25)22-10-2-1-3-16(22)9-12-24/h4-7,13,16,24H,1-3,8-12H2/b17-13-/t16-/m1/s1. The first-order chi connectivity index (χ1) is 13.5. The molecule has 1 aromatic carbocycles. The van der Waals surface area contributed by atoms with Crippen molar-refractivity contribution in [1.82, 2.24) is 9.80 Å². The first-order valence-corrected chi connectivity index (χ1v) is 10.2. The number of likely N-dealkylation sites (tertiary alicyclic amines) is 1. The molecule has 0 radical (unpaired) electrons. The predicted molar refractivity (Wildman–Crippen MR) is 105 cm³/mol. The Bertz CT molecular complexity index is 779. The van der Waals surface area contributed by atoms with E-state index in [1.165, 1.54) is 24.3 Å². The van der Waals surface area contributed by atoms with Crippen LogP contribution < -0.4 is 0 Å². The Morgan fingerprint density at radius 1 is 1.25 bits per heavy atom. The summed E-state index contributed by atoms with van der Waals surface area (Å²) in [5.41, 5.74) is 0.628. The molecule has 8 heteroatoms. The molecule has 2 aliphatic heterocycles. The van der Waals surface area contributed by atoms with Gasteiger partial charge in [-0.3, -0.25) is 19.3 Å². The van der Waals surface area contributed by atoms with Gasteiger partial charge in [0.25, 0.3) is 11.1 Å². The van der Waals surface area contributed by atoms with Crippen molar-refractivity contribution in [3.63, 3.8) is 0 Å². The number of thioether (sulfide) groups is 1. The van der Waals surface area contributed by atoms with E-state index in [4.69, 9.17) is 0 Å². The van der Waals surface area contributed by atoms with Gasteiger partial charge in [-0.25, -0.2) is 4.39 Å². The fourth-order valence-corrected chi connectivity index (χ4v) is 4.40. The largest absolute Gasteiger partial charge is 0.396 e. The minimum atomic E-state index is -0.433. The summed E-state index contributed by atoms with van der Waals surface area (Å²) in [4.78, 5) is 40.4. The maximum absolute atomic E-state index is 13.0. The molecule has 3 amide bonds. The topological polar surface area (TPSA) is 77.9 Å². The SMILES string of the molecule is O=C1S/C(=C\c2ccc(F)cc2)C(=O)N1CCC(=O)N1CCCC[C@@H]1CCO. The first-order valence-electron chi connectivity index (χ1n) is 9.41. The lowest BCUT2D eigenvalue weighted by atomic mass is 9.99. The van der Waals surface area contributed by atoms with E-state index in [2.05, 4.69) is 0 Å². The van der Waals surface area contributed by atoms with Crippen molar-refractivity contribution in [2.75, 3.05) is 19.7 Å². The zero-order chi connectivity index (χ0) is 20.1. The van der Waals surface area contributed by atoms with E-state index in [1.54, 1.807) is 11.0 Å². The third kappa shape index (κ3) is 4.80. The molecule has 0 aliphatic carbocycles. The Labute approximate surface area is 167 Å². The lowest BCUT2D eigenvalue weighted by Crippen LogP contribution is -2.45. The molecule has 0 spiro atoms. The van der Waals surface area contributed by atoms with Gasteiger partial charge in [0.2, 0.25) is 5.91 Å². The van der Waals surface area contributed by atoms with Crippen LogP contribution in [0.2, 0.25) is 0 Å². The number of nitrogens with zero attached hydrogens (tertiary/aromatic N) is 2. The molecule has 2 saturated heterocycles. The van der Waals surface area contributed by atoms with E-state index in [0.29, 0.717) is 18.5 Å². The van der Waals surface area contributed by atoms with Crippen LogP contribution in [-0.2, 0) is 9.59 Å². The number of aliphatic hydroxyl groups is 1. The zero-order valence-corrected chi connectivity index (χ0v) is 16.3. The number of benzene rings is 1. The third-order valence-electron chi connectivity index (χ3n) is 5.00. The van der Waals surface area contributed by atoms with Crippen LogP contribution in [0.25, 0.3) is 6.08 Å². The minimum Gasteiger partial charge on any atom is -0.396 e. The van der Waals surface area contributed by atoms with Crippen LogP contribution in [-0.4, -0.2) is 57.7 Å². The Kier molecular flexibility index (Phi) is 6.85. The average molecular weight is 406 g/mol. The molecule has 3 rings (SSSR count). The van der Waals surface area contributed by atoms with Crippen molar-refractivity contribution in [3.8, 4) is 0 Å². The number of rotatable bonds is 6. The van der Waals surface area contributed by atoms with Crippen LogP contribution >= 0.6 is 11.8 Å². The van der Waals surface area contributed by atoms with Gasteiger partial charge in [0.05, 0.1) is 4.91 Å². The van der Waals surface area contributed by atoms with Crippen molar-refractivity contribution in [3.05, 3.63) is 40.6 Å². The third-order valence-corrected chi connectivity index (χ3v) is 5.91. The van der Waals surface area contributed by atoms with Gasteiger partial charge in [-0.1, -0.05) is 12.1 Å². The van der Waals surface area contributed by atoms with Gasteiger partial charge in [0, 0.05) is 32.2 Å². The second-order valence-corrected chi connectivity index (χ2v) is 7.88. The highest BCUT2D eigenvalue weighted by Gasteiger charge is 2.36. The molecule has 1 N–H and O–H groups in total. The molecular formula is C20H23FN2O4S. The highest BCUT2D eigenvalue weighted by atomic mass is 32.2. The van der Waals surface area contributed by atoms with Crippen molar-refractivity contribution in [2.24, 2.45) is 0 Å². The summed E-state index contributed by atoms with van der Waals surface area (Å²) in [5.74, 6) is -0.904. The van der Waals surface area contributed by atoms with E-state index >= 15 is 0 Å². The molecule has 6 nitrogen and oxygen atoms in total. The Balaban J connectivity index is 1.61. The van der Waals surface area contributed by atoms with Gasteiger partial charge in [-0.05, 0) is 61.2 Å². The molecule has 2 fully saturated rings. The summed E-state index contributed by atoms with van der Waals surface area (Å²) in [6.07, 6.45) is 5.00. The Morgan fingerprint density at radius 3 is 2.71 bits per heavy atom. The van der Waals surface area contributed by atoms with Gasteiger partial charge < -0.3 is 10.0 Å². The number of piperidine rings is 1. The molecule has 0 unspecified atom stereocenters. The molecule has 2 aliphatic rings. The van der Waals surface area contributed by atoms with Crippen molar-refractivity contribution in [1.29, 1.82) is 0 Å². The van der Waals surface area contributed by atoms with Crippen LogP contribution in [0.4, 0.5) is 9.18 Å². The first kappa shape index (κ1) is 20.5. The average Bonchev–Trinajstić information content (AvgIpc) is 2.95. The molecule has 0 aromatic heterocycles. The number of carbonyl (C=O) groups is 3. The number of hydrogen-bond donors (Lipinski definition) is 1. The number of imide groups is 1. The van der Waals surface area contributed by atoms with Crippen LogP contribution in [0.1, 0.15) is 37.7 Å². The van der Waals surface area contributed by atoms with E-state index in [0.717, 1.165) is 35.9 Å². The Morgan fingerprint density at radius 2 is 2.00 bits per heavy atom. The van der Waals surface area contributed by atoms with Gasteiger partial charge in [0.1, 0.15) is 5.82 Å². The van der Waals surface area contributed by atoms with Crippen LogP contribution in [0.5, 0.6) is 0 Å². The number of halogens is 1. The number of carbonyl (C=O) groups excluding carboxylic acids is 3. The molecule has 0 saturated carbocycles. The van der Waals surface area contributed by atoms with E-state index < -0.39 is 11.1 Å². The summed E-state index contributed by atoms with van der Waals surface area (Å²) in [5, 5.41) is 8.78. The molecule has 2 heterocycles. The lowest BCUT2D eigenvalue weighted by molar-refractivity contribution is -0.135. The second-order valence-electron chi connectivity index (χ2n) is 6.88. The molecule has 1 aromatic rings. The fraction of sp³-hybridized carbons (Fsp3) is 0.450. The monoisotopic (exact) mass is 406 g/mol. The maximum atomic E-state index is 13.0. The van der Waals surface area contributed by atoms with E-state index in [-0.39, 0.29) is 42.2 Å². The van der Waals surface area contributed by atoms with Gasteiger partial charge >= 0.3 is 0 Å². The highest BCUT2D eigenvalue weighted by molar-refractivity contribution is 8.18. The molecular weight excluding hydrogens is 383 g/mol. The minimum absolute atomic E-state index is 0.0274. The summed E-state index contributed by atoms with van der Waals surface area (Å²) < 4.78 is 13.0. The van der Waals surface area contributed by atoms with Crippen LogP contribution in [0.3, 0.4) is 0 Å². The summed E-state index contributed by atoms with van der Waals surface area (Å²) in [6.45, 7) is 0.716. The van der Waals surface area contributed by atoms with Crippen molar-refractivity contribution < 1.29 is 23.9 Å².